The molecular weight excluding hydrogens is 276 g/mol. The molecule has 0 bridgehead atoms. The number of nitrogens with zero attached hydrogens (tertiary/aromatic N) is 1. The van der Waals surface area contributed by atoms with Gasteiger partial charge in [0, 0.05) is 44.0 Å². The van der Waals surface area contributed by atoms with Crippen LogP contribution in [0.25, 0.3) is 0 Å². The molecule has 1 heterocycles. The Kier molecular flexibility index (Phi) is 5.80. The van der Waals surface area contributed by atoms with E-state index in [1.807, 2.05) is 43.3 Å². The normalized spacial score (nSPS) is 24.3. The SMILES string of the molecule is CC1NNC(C)C1CCCNC(=O)c1ccc(N(C)C)cc1. The van der Waals surface area contributed by atoms with E-state index in [4.69, 9.17) is 0 Å². The van der Waals surface area contributed by atoms with Gasteiger partial charge in [-0.25, -0.2) is 0 Å². The minimum absolute atomic E-state index is 0.00840. The molecule has 5 nitrogen and oxygen atoms in total. The second-order valence-electron chi connectivity index (χ2n) is 6.37. The van der Waals surface area contributed by atoms with Crippen LogP contribution >= 0.6 is 0 Å². The van der Waals surface area contributed by atoms with Crippen LogP contribution in [0.15, 0.2) is 24.3 Å². The quantitative estimate of drug-likeness (QED) is 0.701. The van der Waals surface area contributed by atoms with Crippen LogP contribution in [0.1, 0.15) is 37.0 Å². The standard InChI is InChI=1S/C17H28N4O/c1-12-16(13(2)20-19-12)6-5-11-18-17(22)14-7-9-15(10-8-14)21(3)4/h7-10,12-13,16,19-20H,5-6,11H2,1-4H3,(H,18,22). The van der Waals surface area contributed by atoms with E-state index in [0.29, 0.717) is 18.0 Å². The molecule has 2 rings (SSSR count). The molecule has 5 heteroatoms. The fourth-order valence-corrected chi connectivity index (χ4v) is 2.96. The predicted molar refractivity (Wildman–Crippen MR) is 91.0 cm³/mol. The van der Waals surface area contributed by atoms with Crippen molar-refractivity contribution in [2.45, 2.75) is 38.8 Å². The lowest BCUT2D eigenvalue weighted by Gasteiger charge is -2.17. The lowest BCUT2D eigenvalue weighted by atomic mass is 9.92. The molecule has 0 saturated carbocycles. The van der Waals surface area contributed by atoms with E-state index in [1.165, 1.54) is 0 Å². The first kappa shape index (κ1) is 16.8. The van der Waals surface area contributed by atoms with Gasteiger partial charge in [0.15, 0.2) is 0 Å². The molecule has 0 aliphatic carbocycles. The van der Waals surface area contributed by atoms with Gasteiger partial charge in [0.05, 0.1) is 0 Å². The molecule has 2 unspecified atom stereocenters. The van der Waals surface area contributed by atoms with E-state index >= 15 is 0 Å². The summed E-state index contributed by atoms with van der Waals surface area (Å²) in [6, 6.07) is 8.66. The molecule has 1 aromatic rings. The maximum atomic E-state index is 12.1. The van der Waals surface area contributed by atoms with Gasteiger partial charge in [0.25, 0.3) is 5.91 Å². The van der Waals surface area contributed by atoms with Gasteiger partial charge >= 0.3 is 0 Å². The average molecular weight is 304 g/mol. The van der Waals surface area contributed by atoms with Crippen LogP contribution in [-0.2, 0) is 0 Å². The van der Waals surface area contributed by atoms with E-state index in [-0.39, 0.29) is 5.91 Å². The van der Waals surface area contributed by atoms with E-state index in [2.05, 4.69) is 30.0 Å². The van der Waals surface area contributed by atoms with Crippen molar-refractivity contribution in [1.82, 2.24) is 16.2 Å². The molecule has 1 aromatic carbocycles. The van der Waals surface area contributed by atoms with E-state index in [1.54, 1.807) is 0 Å². The molecule has 0 spiro atoms. The Balaban J connectivity index is 1.73. The summed E-state index contributed by atoms with van der Waals surface area (Å²) in [4.78, 5) is 14.1. The van der Waals surface area contributed by atoms with Crippen LogP contribution in [0.2, 0.25) is 0 Å². The fraction of sp³-hybridized carbons (Fsp3) is 0.588. The van der Waals surface area contributed by atoms with Crippen molar-refractivity contribution < 1.29 is 4.79 Å². The Morgan fingerprint density at radius 2 is 1.73 bits per heavy atom. The number of rotatable bonds is 6. The summed E-state index contributed by atoms with van der Waals surface area (Å²) in [5, 5.41) is 3.01. The number of anilines is 1. The summed E-state index contributed by atoms with van der Waals surface area (Å²) in [6.07, 6.45) is 2.12. The number of carbonyl (C=O) groups is 1. The first-order chi connectivity index (χ1) is 10.5. The zero-order valence-electron chi connectivity index (χ0n) is 14.0. The molecule has 3 N–H and O–H groups in total. The highest BCUT2D eigenvalue weighted by Gasteiger charge is 2.28. The van der Waals surface area contributed by atoms with Crippen LogP contribution in [0.3, 0.4) is 0 Å². The summed E-state index contributed by atoms with van der Waals surface area (Å²) in [5.41, 5.74) is 8.35. The van der Waals surface area contributed by atoms with E-state index in [0.717, 1.165) is 30.6 Å². The van der Waals surface area contributed by atoms with Gasteiger partial charge in [0.2, 0.25) is 0 Å². The Morgan fingerprint density at radius 3 is 2.27 bits per heavy atom. The van der Waals surface area contributed by atoms with E-state index in [9.17, 15) is 4.79 Å². The third-order valence-corrected chi connectivity index (χ3v) is 4.47. The second-order valence-corrected chi connectivity index (χ2v) is 6.37. The fourth-order valence-electron chi connectivity index (χ4n) is 2.96. The number of amides is 1. The third kappa shape index (κ3) is 4.21. The molecule has 122 valence electrons. The topological polar surface area (TPSA) is 56.4 Å². The third-order valence-electron chi connectivity index (χ3n) is 4.47. The Bertz CT molecular complexity index is 476. The number of hydrogen-bond donors (Lipinski definition) is 3. The summed E-state index contributed by atoms with van der Waals surface area (Å²) in [7, 11) is 3.98. The predicted octanol–water partition coefficient (Wildman–Crippen LogP) is 1.76. The highest BCUT2D eigenvalue weighted by molar-refractivity contribution is 5.94. The summed E-state index contributed by atoms with van der Waals surface area (Å²) in [5.74, 6) is 0.630. The van der Waals surface area contributed by atoms with Crippen LogP contribution < -0.4 is 21.1 Å². The lowest BCUT2D eigenvalue weighted by molar-refractivity contribution is 0.0952. The molecule has 1 amide bonds. The van der Waals surface area contributed by atoms with Crippen molar-refractivity contribution >= 4 is 11.6 Å². The molecule has 22 heavy (non-hydrogen) atoms. The van der Waals surface area contributed by atoms with Crippen molar-refractivity contribution in [2.75, 3.05) is 25.5 Å². The van der Waals surface area contributed by atoms with Gasteiger partial charge in [-0.3, -0.25) is 15.6 Å². The second kappa shape index (κ2) is 7.61. The minimum Gasteiger partial charge on any atom is -0.378 e. The lowest BCUT2D eigenvalue weighted by Crippen LogP contribution is -2.30. The molecule has 1 aliphatic heterocycles. The van der Waals surface area contributed by atoms with Gasteiger partial charge in [0.1, 0.15) is 0 Å². The van der Waals surface area contributed by atoms with Gasteiger partial charge in [-0.05, 0) is 56.9 Å². The van der Waals surface area contributed by atoms with Crippen LogP contribution in [0.4, 0.5) is 5.69 Å². The highest BCUT2D eigenvalue weighted by atomic mass is 16.1. The molecule has 0 aromatic heterocycles. The molecule has 1 fully saturated rings. The number of nitrogens with one attached hydrogen (secondary N) is 3. The number of hydrazine groups is 1. The van der Waals surface area contributed by atoms with Crippen LogP contribution in [-0.4, -0.2) is 38.6 Å². The summed E-state index contributed by atoms with van der Waals surface area (Å²) >= 11 is 0. The van der Waals surface area contributed by atoms with Crippen molar-refractivity contribution in [2.24, 2.45) is 5.92 Å². The van der Waals surface area contributed by atoms with Crippen molar-refractivity contribution in [1.29, 1.82) is 0 Å². The van der Waals surface area contributed by atoms with Gasteiger partial charge in [-0.1, -0.05) is 0 Å². The first-order valence-electron chi connectivity index (χ1n) is 8.05. The minimum atomic E-state index is 0.00840. The van der Waals surface area contributed by atoms with Gasteiger partial charge < -0.3 is 10.2 Å². The molecule has 1 aliphatic rings. The first-order valence-corrected chi connectivity index (χ1v) is 8.05. The van der Waals surface area contributed by atoms with Crippen LogP contribution in [0.5, 0.6) is 0 Å². The highest BCUT2D eigenvalue weighted by Crippen LogP contribution is 2.19. The average Bonchev–Trinajstić information content (AvgIpc) is 2.82. The Hall–Kier alpha value is -1.59. The number of hydrogen-bond acceptors (Lipinski definition) is 4. The Morgan fingerprint density at radius 1 is 1.14 bits per heavy atom. The van der Waals surface area contributed by atoms with Gasteiger partial charge in [-0.15, -0.1) is 0 Å². The number of carbonyl (C=O) groups excluding carboxylic acids is 1. The molecule has 2 atom stereocenters. The zero-order chi connectivity index (χ0) is 16.1. The zero-order valence-corrected chi connectivity index (χ0v) is 14.0. The largest absolute Gasteiger partial charge is 0.378 e. The van der Waals surface area contributed by atoms with Crippen LogP contribution in [0, 0.1) is 5.92 Å². The smallest absolute Gasteiger partial charge is 0.251 e. The molecule has 0 radical (unpaired) electrons. The van der Waals surface area contributed by atoms with Gasteiger partial charge in [-0.2, -0.15) is 0 Å². The molecule has 1 saturated heterocycles. The van der Waals surface area contributed by atoms with E-state index < -0.39 is 0 Å². The summed E-state index contributed by atoms with van der Waals surface area (Å²) < 4.78 is 0. The maximum Gasteiger partial charge on any atom is 0.251 e. The van der Waals surface area contributed by atoms with Crippen molar-refractivity contribution in [3.05, 3.63) is 29.8 Å². The van der Waals surface area contributed by atoms with Crippen molar-refractivity contribution in [3.8, 4) is 0 Å². The molecular formula is C17H28N4O. The number of benzene rings is 1. The monoisotopic (exact) mass is 304 g/mol. The van der Waals surface area contributed by atoms with Crippen molar-refractivity contribution in [3.63, 3.8) is 0 Å². The Labute approximate surface area is 133 Å². The summed E-state index contributed by atoms with van der Waals surface area (Å²) in [6.45, 7) is 5.13. The maximum absolute atomic E-state index is 12.1.